The number of hydrogen-bond donors (Lipinski definition) is 2. The van der Waals surface area contributed by atoms with Crippen LogP contribution in [0.3, 0.4) is 0 Å². The van der Waals surface area contributed by atoms with E-state index in [-0.39, 0.29) is 31.4 Å². The first-order chi connectivity index (χ1) is 14.5. The maximum Gasteiger partial charge on any atom is 0.324 e. The Morgan fingerprint density at radius 2 is 1.73 bits per heavy atom. The number of benzene rings is 2. The van der Waals surface area contributed by atoms with Crippen LogP contribution in [0.4, 0.5) is 4.79 Å². The number of urea groups is 1. The van der Waals surface area contributed by atoms with Gasteiger partial charge in [0.05, 0.1) is 34.4 Å². The summed E-state index contributed by atoms with van der Waals surface area (Å²) in [5.74, 6) is 0.785. The monoisotopic (exact) mass is 413 g/mol. The number of nitrogens with one attached hydrogen (secondary N) is 2. The molecule has 0 atom stereocenters. The second-order valence-electron chi connectivity index (χ2n) is 6.51. The van der Waals surface area contributed by atoms with Gasteiger partial charge >= 0.3 is 6.03 Å². The van der Waals surface area contributed by atoms with Crippen molar-refractivity contribution in [1.82, 2.24) is 15.5 Å². The van der Waals surface area contributed by atoms with Gasteiger partial charge in [0.2, 0.25) is 11.7 Å². The molecule has 3 rings (SSSR count). The van der Waals surface area contributed by atoms with Gasteiger partial charge < -0.3 is 24.8 Å². The number of carbonyl (C=O) groups is 3. The zero-order valence-electron chi connectivity index (χ0n) is 17.0. The van der Waals surface area contributed by atoms with Gasteiger partial charge in [0.25, 0.3) is 5.91 Å². The Labute approximate surface area is 173 Å². The molecule has 1 heterocycles. The molecule has 1 saturated heterocycles. The maximum atomic E-state index is 12.8. The number of ether oxygens (including phenoxy) is 3. The second kappa shape index (κ2) is 9.17. The first-order valence-electron chi connectivity index (χ1n) is 9.21. The highest BCUT2D eigenvalue weighted by Gasteiger charge is 2.29. The minimum absolute atomic E-state index is 0.0262. The molecule has 2 aromatic carbocycles. The topological polar surface area (TPSA) is 106 Å². The lowest BCUT2D eigenvalue weighted by atomic mass is 10.1. The van der Waals surface area contributed by atoms with E-state index < -0.39 is 6.03 Å². The Morgan fingerprint density at radius 3 is 2.30 bits per heavy atom. The summed E-state index contributed by atoms with van der Waals surface area (Å²) in [6, 6.07) is 9.88. The summed E-state index contributed by atoms with van der Waals surface area (Å²) < 4.78 is 16.0. The predicted octanol–water partition coefficient (Wildman–Crippen LogP) is 1.69. The number of methoxy groups -OCH3 is 3. The fourth-order valence-corrected chi connectivity index (χ4v) is 3.18. The van der Waals surface area contributed by atoms with E-state index in [1.54, 1.807) is 36.4 Å². The first-order valence-corrected chi connectivity index (χ1v) is 9.21. The molecule has 0 unspecified atom stereocenters. The molecule has 9 heteroatoms. The quantitative estimate of drug-likeness (QED) is 0.638. The van der Waals surface area contributed by atoms with Crippen LogP contribution in [0, 0.1) is 0 Å². The summed E-state index contributed by atoms with van der Waals surface area (Å²) in [6.07, 6.45) is 0. The number of imide groups is 1. The summed E-state index contributed by atoms with van der Waals surface area (Å²) in [6.45, 7) is 0.208. The van der Waals surface area contributed by atoms with Crippen LogP contribution < -0.4 is 24.8 Å². The van der Waals surface area contributed by atoms with Crippen LogP contribution in [0.5, 0.6) is 17.2 Å². The number of hydrogen-bond acceptors (Lipinski definition) is 6. The van der Waals surface area contributed by atoms with Gasteiger partial charge in [0, 0.05) is 12.1 Å². The Kier molecular flexibility index (Phi) is 6.41. The van der Waals surface area contributed by atoms with Gasteiger partial charge in [0.1, 0.15) is 0 Å². The molecular weight excluding hydrogens is 390 g/mol. The molecule has 4 amide bonds. The zero-order chi connectivity index (χ0) is 21.7. The number of rotatable bonds is 8. The lowest BCUT2D eigenvalue weighted by molar-refractivity contribution is -0.125. The van der Waals surface area contributed by atoms with Crippen molar-refractivity contribution in [3.8, 4) is 17.2 Å². The Bertz CT molecular complexity index is 934. The normalized spacial score (nSPS) is 13.1. The van der Waals surface area contributed by atoms with Gasteiger partial charge in [-0.15, -0.1) is 0 Å². The summed E-state index contributed by atoms with van der Waals surface area (Å²) in [4.78, 5) is 37.6. The molecule has 0 aliphatic carbocycles. The average Bonchev–Trinajstić information content (AvgIpc) is 3.09. The molecular formula is C21H23N3O6. The number of amides is 4. The van der Waals surface area contributed by atoms with E-state index >= 15 is 0 Å². The highest BCUT2D eigenvalue weighted by molar-refractivity contribution is 6.02. The van der Waals surface area contributed by atoms with Crippen LogP contribution in [0.1, 0.15) is 21.5 Å². The van der Waals surface area contributed by atoms with Crippen molar-refractivity contribution in [1.29, 1.82) is 0 Å². The highest BCUT2D eigenvalue weighted by atomic mass is 16.5. The van der Waals surface area contributed by atoms with Gasteiger partial charge in [-0.1, -0.05) is 18.2 Å². The molecule has 0 radical (unpaired) electrons. The van der Waals surface area contributed by atoms with Crippen molar-refractivity contribution in [3.63, 3.8) is 0 Å². The van der Waals surface area contributed by atoms with Crippen molar-refractivity contribution < 1.29 is 28.6 Å². The molecule has 2 N–H and O–H groups in total. The molecule has 1 fully saturated rings. The van der Waals surface area contributed by atoms with Crippen molar-refractivity contribution in [3.05, 3.63) is 53.1 Å². The van der Waals surface area contributed by atoms with E-state index in [1.165, 1.54) is 21.3 Å². The van der Waals surface area contributed by atoms with E-state index in [0.717, 1.165) is 10.5 Å². The average molecular weight is 413 g/mol. The number of carbonyl (C=O) groups excluding carboxylic acids is 3. The molecule has 1 aliphatic heterocycles. The van der Waals surface area contributed by atoms with Crippen molar-refractivity contribution in [2.24, 2.45) is 0 Å². The molecule has 0 saturated carbocycles. The van der Waals surface area contributed by atoms with Crippen LogP contribution in [0.25, 0.3) is 0 Å². The largest absolute Gasteiger partial charge is 0.493 e. The summed E-state index contributed by atoms with van der Waals surface area (Å²) in [5, 5.41) is 5.32. The van der Waals surface area contributed by atoms with E-state index in [4.69, 9.17) is 14.2 Å². The predicted molar refractivity (Wildman–Crippen MR) is 108 cm³/mol. The fraction of sp³-hybridized carbons (Fsp3) is 0.286. The Morgan fingerprint density at radius 1 is 1.07 bits per heavy atom. The first kappa shape index (κ1) is 21.0. The zero-order valence-corrected chi connectivity index (χ0v) is 17.0. The van der Waals surface area contributed by atoms with Crippen LogP contribution in [-0.2, 0) is 17.9 Å². The maximum absolute atomic E-state index is 12.8. The minimum Gasteiger partial charge on any atom is -0.493 e. The standard InChI is InChI=1S/C21H23N3O6/c1-28-16-8-13(9-17(29-2)19(16)30-3)10-22-20(26)15-7-5-4-6-14(15)12-24-18(25)11-23-21(24)27/h4-9H,10-12H2,1-3H3,(H,22,26)(H,23,27). The van der Waals surface area contributed by atoms with Crippen molar-refractivity contribution in [2.75, 3.05) is 27.9 Å². The van der Waals surface area contributed by atoms with Gasteiger partial charge in [0.15, 0.2) is 11.5 Å². The van der Waals surface area contributed by atoms with Gasteiger partial charge in [-0.25, -0.2) is 4.79 Å². The summed E-state index contributed by atoms with van der Waals surface area (Å²) >= 11 is 0. The van der Waals surface area contributed by atoms with E-state index in [2.05, 4.69) is 10.6 Å². The SMILES string of the molecule is COc1cc(CNC(=O)c2ccccc2CN2C(=O)CNC2=O)cc(OC)c1OC. The van der Waals surface area contributed by atoms with E-state index in [9.17, 15) is 14.4 Å². The number of nitrogens with zero attached hydrogens (tertiary/aromatic N) is 1. The van der Waals surface area contributed by atoms with Crippen LogP contribution >= 0.6 is 0 Å². The van der Waals surface area contributed by atoms with Gasteiger partial charge in [-0.3, -0.25) is 14.5 Å². The molecule has 0 aromatic heterocycles. The molecule has 0 bridgehead atoms. The molecule has 0 spiro atoms. The third kappa shape index (κ3) is 4.29. The van der Waals surface area contributed by atoms with Gasteiger partial charge in [-0.2, -0.15) is 0 Å². The second-order valence-corrected chi connectivity index (χ2v) is 6.51. The minimum atomic E-state index is -0.465. The molecule has 2 aromatic rings. The van der Waals surface area contributed by atoms with Crippen molar-refractivity contribution >= 4 is 17.8 Å². The fourth-order valence-electron chi connectivity index (χ4n) is 3.18. The molecule has 1 aliphatic rings. The van der Waals surface area contributed by atoms with Gasteiger partial charge in [-0.05, 0) is 29.3 Å². The van der Waals surface area contributed by atoms with Crippen LogP contribution in [-0.4, -0.2) is 50.6 Å². The van der Waals surface area contributed by atoms with Crippen LogP contribution in [0.2, 0.25) is 0 Å². The molecule has 9 nitrogen and oxygen atoms in total. The Balaban J connectivity index is 1.76. The van der Waals surface area contributed by atoms with E-state index in [0.29, 0.717) is 28.4 Å². The molecule has 30 heavy (non-hydrogen) atoms. The summed E-state index contributed by atoms with van der Waals surface area (Å²) in [5.41, 5.74) is 1.71. The third-order valence-electron chi connectivity index (χ3n) is 4.71. The van der Waals surface area contributed by atoms with Crippen molar-refractivity contribution in [2.45, 2.75) is 13.1 Å². The lowest BCUT2D eigenvalue weighted by Crippen LogP contribution is -2.32. The molecule has 158 valence electrons. The van der Waals surface area contributed by atoms with Crippen LogP contribution in [0.15, 0.2) is 36.4 Å². The summed E-state index contributed by atoms with van der Waals surface area (Å²) in [7, 11) is 4.56. The smallest absolute Gasteiger partial charge is 0.324 e. The lowest BCUT2D eigenvalue weighted by Gasteiger charge is -2.16. The van der Waals surface area contributed by atoms with E-state index in [1.807, 2.05) is 0 Å². The Hall–Kier alpha value is -3.75. The highest BCUT2D eigenvalue weighted by Crippen LogP contribution is 2.38. The third-order valence-corrected chi connectivity index (χ3v) is 4.71.